The van der Waals surface area contributed by atoms with E-state index in [-0.39, 0.29) is 11.9 Å². The summed E-state index contributed by atoms with van der Waals surface area (Å²) in [6, 6.07) is 12.8. The van der Waals surface area contributed by atoms with Crippen LogP contribution < -0.4 is 5.32 Å². The van der Waals surface area contributed by atoms with Gasteiger partial charge in [0.2, 0.25) is 0 Å². The Labute approximate surface area is 113 Å². The van der Waals surface area contributed by atoms with Gasteiger partial charge in [0, 0.05) is 6.20 Å². The third kappa shape index (κ3) is 4.14. The molecule has 0 fully saturated rings. The molecule has 1 atom stereocenters. The fourth-order valence-electron chi connectivity index (χ4n) is 2.08. The molecule has 1 heterocycles. The van der Waals surface area contributed by atoms with Gasteiger partial charge in [-0.2, -0.15) is 0 Å². The third-order valence-corrected chi connectivity index (χ3v) is 3.01. The number of nitrogens with one attached hydrogen (secondary N) is 1. The first kappa shape index (κ1) is 13.7. The molecule has 2 rings (SSSR count). The number of benzene rings is 1. The molecule has 100 valence electrons. The summed E-state index contributed by atoms with van der Waals surface area (Å²) in [5.41, 5.74) is 1.99. The summed E-state index contributed by atoms with van der Waals surface area (Å²) < 4.78 is 13.2. The summed E-state index contributed by atoms with van der Waals surface area (Å²) in [4.78, 5) is 4.39. The molecule has 3 heteroatoms. The maximum absolute atomic E-state index is 13.2. The minimum atomic E-state index is -0.187. The Bertz CT molecular complexity index is 499. The lowest BCUT2D eigenvalue weighted by molar-refractivity contribution is 0.516. The molecule has 19 heavy (non-hydrogen) atoms. The molecule has 0 aliphatic rings. The molecule has 2 nitrogen and oxygen atoms in total. The fraction of sp³-hybridized carbons (Fsp3) is 0.312. The maximum Gasteiger partial charge on any atom is 0.123 e. The normalized spacial score (nSPS) is 12.3. The largest absolute Gasteiger partial charge is 0.308 e. The van der Waals surface area contributed by atoms with Crippen molar-refractivity contribution < 1.29 is 4.39 Å². The van der Waals surface area contributed by atoms with Crippen molar-refractivity contribution in [2.24, 2.45) is 0 Å². The Balaban J connectivity index is 2.14. The number of hydrogen-bond donors (Lipinski definition) is 1. The van der Waals surface area contributed by atoms with Crippen LogP contribution in [-0.2, 0) is 6.42 Å². The number of hydrogen-bond acceptors (Lipinski definition) is 2. The van der Waals surface area contributed by atoms with E-state index in [1.54, 1.807) is 18.3 Å². The SMILES string of the molecule is CCCNC(Cc1cccc(F)c1)c1ccccn1. The minimum absolute atomic E-state index is 0.128. The van der Waals surface area contributed by atoms with Crippen molar-refractivity contribution in [2.75, 3.05) is 6.54 Å². The van der Waals surface area contributed by atoms with Gasteiger partial charge in [0.1, 0.15) is 5.82 Å². The first-order chi connectivity index (χ1) is 9.29. The van der Waals surface area contributed by atoms with E-state index >= 15 is 0 Å². The number of halogens is 1. The average Bonchev–Trinajstić information content (AvgIpc) is 2.44. The van der Waals surface area contributed by atoms with E-state index in [0.29, 0.717) is 0 Å². The van der Waals surface area contributed by atoms with E-state index in [4.69, 9.17) is 0 Å². The zero-order chi connectivity index (χ0) is 13.5. The van der Waals surface area contributed by atoms with Crippen molar-refractivity contribution in [3.8, 4) is 0 Å². The molecular formula is C16H19FN2. The summed E-state index contributed by atoms with van der Waals surface area (Å²) in [5, 5.41) is 3.47. The van der Waals surface area contributed by atoms with E-state index in [1.807, 2.05) is 24.3 Å². The zero-order valence-electron chi connectivity index (χ0n) is 11.1. The van der Waals surface area contributed by atoms with Gasteiger partial charge in [-0.1, -0.05) is 25.1 Å². The van der Waals surface area contributed by atoms with Crippen LogP contribution in [0, 0.1) is 5.82 Å². The second kappa shape index (κ2) is 7.00. The molecular weight excluding hydrogens is 239 g/mol. The molecule has 0 saturated heterocycles. The monoisotopic (exact) mass is 258 g/mol. The smallest absolute Gasteiger partial charge is 0.123 e. The molecule has 1 unspecified atom stereocenters. The molecule has 1 N–H and O–H groups in total. The fourth-order valence-corrected chi connectivity index (χ4v) is 2.08. The summed E-state index contributed by atoms with van der Waals surface area (Å²) in [5.74, 6) is -0.187. The van der Waals surface area contributed by atoms with Crippen LogP contribution in [0.25, 0.3) is 0 Å². The first-order valence-electron chi connectivity index (χ1n) is 6.68. The zero-order valence-corrected chi connectivity index (χ0v) is 11.1. The van der Waals surface area contributed by atoms with Gasteiger partial charge in [0.15, 0.2) is 0 Å². The van der Waals surface area contributed by atoms with Gasteiger partial charge in [-0.05, 0) is 49.2 Å². The van der Waals surface area contributed by atoms with Crippen molar-refractivity contribution in [3.63, 3.8) is 0 Å². The van der Waals surface area contributed by atoms with E-state index in [2.05, 4.69) is 17.2 Å². The maximum atomic E-state index is 13.2. The summed E-state index contributed by atoms with van der Waals surface area (Å²) in [7, 11) is 0. The highest BCUT2D eigenvalue weighted by atomic mass is 19.1. The van der Waals surface area contributed by atoms with Crippen LogP contribution in [0.4, 0.5) is 4.39 Å². The topological polar surface area (TPSA) is 24.9 Å². The standard InChI is InChI=1S/C16H19FN2/c1-2-9-18-16(15-8-3-4-10-19-15)12-13-6-5-7-14(17)11-13/h3-8,10-11,16,18H,2,9,12H2,1H3. The lowest BCUT2D eigenvalue weighted by atomic mass is 10.0. The summed E-state index contributed by atoms with van der Waals surface area (Å²) in [6.07, 6.45) is 3.60. The average molecular weight is 258 g/mol. The highest BCUT2D eigenvalue weighted by Gasteiger charge is 2.12. The van der Waals surface area contributed by atoms with Crippen molar-refractivity contribution in [1.29, 1.82) is 0 Å². The summed E-state index contributed by atoms with van der Waals surface area (Å²) >= 11 is 0. The van der Waals surface area contributed by atoms with Gasteiger partial charge < -0.3 is 5.32 Å². The van der Waals surface area contributed by atoms with Crippen molar-refractivity contribution in [1.82, 2.24) is 10.3 Å². The molecule has 0 aliphatic carbocycles. The molecule has 0 bridgehead atoms. The Morgan fingerprint density at radius 2 is 2.11 bits per heavy atom. The van der Waals surface area contributed by atoms with Gasteiger partial charge in [-0.25, -0.2) is 4.39 Å². The van der Waals surface area contributed by atoms with Crippen molar-refractivity contribution >= 4 is 0 Å². The molecule has 1 aromatic heterocycles. The second-order valence-corrected chi connectivity index (χ2v) is 4.60. The predicted molar refractivity (Wildman–Crippen MR) is 75.4 cm³/mol. The van der Waals surface area contributed by atoms with Crippen LogP contribution in [0.15, 0.2) is 48.7 Å². The number of rotatable bonds is 6. The van der Waals surface area contributed by atoms with Gasteiger partial charge in [-0.15, -0.1) is 0 Å². The van der Waals surface area contributed by atoms with Crippen LogP contribution in [-0.4, -0.2) is 11.5 Å². The van der Waals surface area contributed by atoms with Gasteiger partial charge >= 0.3 is 0 Å². The third-order valence-electron chi connectivity index (χ3n) is 3.01. The Morgan fingerprint density at radius 1 is 1.21 bits per heavy atom. The van der Waals surface area contributed by atoms with Crippen molar-refractivity contribution in [2.45, 2.75) is 25.8 Å². The highest BCUT2D eigenvalue weighted by molar-refractivity contribution is 5.20. The van der Waals surface area contributed by atoms with Gasteiger partial charge in [0.25, 0.3) is 0 Å². The molecule has 2 aromatic rings. The highest BCUT2D eigenvalue weighted by Crippen LogP contribution is 2.17. The van der Waals surface area contributed by atoms with Crippen LogP contribution in [0.1, 0.15) is 30.6 Å². The Morgan fingerprint density at radius 3 is 2.79 bits per heavy atom. The van der Waals surface area contributed by atoms with Gasteiger partial charge in [-0.3, -0.25) is 4.98 Å². The minimum Gasteiger partial charge on any atom is -0.308 e. The van der Waals surface area contributed by atoms with Crippen LogP contribution in [0.2, 0.25) is 0 Å². The molecule has 0 radical (unpaired) electrons. The number of nitrogens with zero attached hydrogens (tertiary/aromatic N) is 1. The lowest BCUT2D eigenvalue weighted by Gasteiger charge is -2.18. The van der Waals surface area contributed by atoms with Crippen LogP contribution in [0.3, 0.4) is 0 Å². The molecule has 0 spiro atoms. The Kier molecular flexibility index (Phi) is 5.04. The molecule has 0 saturated carbocycles. The van der Waals surface area contributed by atoms with E-state index < -0.39 is 0 Å². The van der Waals surface area contributed by atoms with E-state index in [9.17, 15) is 4.39 Å². The molecule has 1 aromatic carbocycles. The quantitative estimate of drug-likeness (QED) is 0.857. The number of aromatic nitrogens is 1. The van der Waals surface area contributed by atoms with Gasteiger partial charge in [0.05, 0.1) is 11.7 Å². The van der Waals surface area contributed by atoms with Crippen molar-refractivity contribution in [3.05, 3.63) is 65.7 Å². The Hall–Kier alpha value is -1.74. The van der Waals surface area contributed by atoms with E-state index in [1.165, 1.54) is 6.07 Å². The summed E-state index contributed by atoms with van der Waals surface area (Å²) in [6.45, 7) is 3.06. The van der Waals surface area contributed by atoms with Crippen LogP contribution in [0.5, 0.6) is 0 Å². The first-order valence-corrected chi connectivity index (χ1v) is 6.68. The second-order valence-electron chi connectivity index (χ2n) is 4.60. The molecule has 0 aliphatic heterocycles. The predicted octanol–water partition coefficient (Wildman–Crippen LogP) is 3.50. The molecule has 0 amide bonds. The lowest BCUT2D eigenvalue weighted by Crippen LogP contribution is -2.24. The van der Waals surface area contributed by atoms with E-state index in [0.717, 1.165) is 30.6 Å². The number of pyridine rings is 1. The van der Waals surface area contributed by atoms with Crippen LogP contribution >= 0.6 is 0 Å².